The van der Waals surface area contributed by atoms with Crippen molar-refractivity contribution in [2.75, 3.05) is 4.72 Å². The molecule has 11 heteroatoms. The minimum atomic E-state index is -4.03. The number of nitrogens with zero attached hydrogens (tertiary/aromatic N) is 3. The Balaban J connectivity index is 1.81. The molecule has 0 saturated heterocycles. The van der Waals surface area contributed by atoms with Gasteiger partial charge in [0.2, 0.25) is 0 Å². The van der Waals surface area contributed by atoms with E-state index in [0.29, 0.717) is 11.6 Å². The third kappa shape index (κ3) is 4.42. The van der Waals surface area contributed by atoms with Crippen LogP contribution < -0.4 is 4.72 Å². The minimum Gasteiger partial charge on any atom is -0.246 e. The molecule has 2 aromatic carbocycles. The van der Waals surface area contributed by atoms with Crippen LogP contribution in [0.1, 0.15) is 5.56 Å². The summed E-state index contributed by atoms with van der Waals surface area (Å²) in [6, 6.07) is 9.63. The lowest BCUT2D eigenvalue weighted by Gasteiger charge is -2.08. The quantitative estimate of drug-likeness (QED) is 0.568. The standard InChI is InChI=1S/C15H10Cl4N4O2S/c16-10-3-1-2-9(4-10)7-23-8-20-15(21-23)22-26(24,25)14-6-12(18)11(17)5-13(14)19/h1-6,8H,7H2,(H,21,22). The molecule has 3 rings (SSSR count). The molecule has 0 bridgehead atoms. The van der Waals surface area contributed by atoms with Crippen molar-refractivity contribution in [2.24, 2.45) is 0 Å². The van der Waals surface area contributed by atoms with Gasteiger partial charge in [-0.3, -0.25) is 0 Å². The van der Waals surface area contributed by atoms with E-state index in [4.69, 9.17) is 46.4 Å². The van der Waals surface area contributed by atoms with E-state index in [1.54, 1.807) is 12.1 Å². The highest BCUT2D eigenvalue weighted by Crippen LogP contribution is 2.32. The molecule has 3 aromatic rings. The molecular formula is C15H10Cl4N4O2S. The molecule has 26 heavy (non-hydrogen) atoms. The number of hydrogen-bond donors (Lipinski definition) is 1. The second-order valence-electron chi connectivity index (χ2n) is 5.20. The van der Waals surface area contributed by atoms with E-state index < -0.39 is 10.0 Å². The van der Waals surface area contributed by atoms with Crippen LogP contribution in [0.3, 0.4) is 0 Å². The first-order valence-electron chi connectivity index (χ1n) is 7.06. The van der Waals surface area contributed by atoms with Crippen molar-refractivity contribution < 1.29 is 8.42 Å². The summed E-state index contributed by atoms with van der Waals surface area (Å²) in [5.74, 6) is -0.103. The highest BCUT2D eigenvalue weighted by Gasteiger charge is 2.21. The lowest BCUT2D eigenvalue weighted by atomic mass is 10.2. The van der Waals surface area contributed by atoms with E-state index in [1.807, 2.05) is 12.1 Å². The van der Waals surface area contributed by atoms with Gasteiger partial charge in [-0.05, 0) is 29.8 Å². The predicted octanol–water partition coefficient (Wildman–Crippen LogP) is 4.74. The van der Waals surface area contributed by atoms with Gasteiger partial charge in [-0.1, -0.05) is 58.5 Å². The van der Waals surface area contributed by atoms with E-state index in [1.165, 1.54) is 17.1 Å². The summed E-state index contributed by atoms with van der Waals surface area (Å²) in [5, 5.41) is 4.83. The molecule has 0 aliphatic carbocycles. The number of benzene rings is 2. The first-order chi connectivity index (χ1) is 12.2. The van der Waals surface area contributed by atoms with Crippen molar-refractivity contribution >= 4 is 62.4 Å². The molecule has 0 atom stereocenters. The Bertz CT molecular complexity index is 1070. The highest BCUT2D eigenvalue weighted by molar-refractivity contribution is 7.92. The third-order valence-corrected chi connectivity index (χ3v) is 6.01. The summed E-state index contributed by atoms with van der Waals surface area (Å²) in [4.78, 5) is 3.72. The number of halogens is 4. The Morgan fingerprint density at radius 3 is 2.46 bits per heavy atom. The van der Waals surface area contributed by atoms with Gasteiger partial charge in [-0.2, -0.15) is 4.98 Å². The summed E-state index contributed by atoms with van der Waals surface area (Å²) < 4.78 is 28.7. The Hall–Kier alpha value is -1.51. The van der Waals surface area contributed by atoms with Crippen LogP contribution in [-0.4, -0.2) is 23.2 Å². The van der Waals surface area contributed by atoms with Crippen LogP contribution in [-0.2, 0) is 16.6 Å². The van der Waals surface area contributed by atoms with Crippen LogP contribution in [0.2, 0.25) is 20.1 Å². The van der Waals surface area contributed by atoms with Crippen molar-refractivity contribution in [3.05, 3.63) is 68.4 Å². The van der Waals surface area contributed by atoms with Gasteiger partial charge in [-0.15, -0.1) is 5.10 Å². The van der Waals surface area contributed by atoms with Gasteiger partial charge in [0.15, 0.2) is 0 Å². The molecule has 0 unspecified atom stereocenters. The summed E-state index contributed by atoms with van der Waals surface area (Å²) in [7, 11) is -4.03. The monoisotopic (exact) mass is 450 g/mol. The Kier molecular flexibility index (Phi) is 5.64. The highest BCUT2D eigenvalue weighted by atomic mass is 35.5. The topological polar surface area (TPSA) is 76.9 Å². The first-order valence-corrected chi connectivity index (χ1v) is 10.1. The molecule has 1 N–H and O–H groups in total. The zero-order chi connectivity index (χ0) is 18.9. The normalized spacial score (nSPS) is 11.5. The van der Waals surface area contributed by atoms with Crippen LogP contribution >= 0.6 is 46.4 Å². The molecule has 0 saturated carbocycles. The Morgan fingerprint density at radius 2 is 1.73 bits per heavy atom. The van der Waals surface area contributed by atoms with Crippen LogP contribution in [0, 0.1) is 0 Å². The number of nitrogens with one attached hydrogen (secondary N) is 1. The molecule has 1 aromatic heterocycles. The zero-order valence-corrected chi connectivity index (χ0v) is 16.7. The lowest BCUT2D eigenvalue weighted by molar-refractivity contribution is 0.600. The smallest absolute Gasteiger partial charge is 0.246 e. The van der Waals surface area contributed by atoms with E-state index in [0.717, 1.165) is 11.6 Å². The van der Waals surface area contributed by atoms with E-state index in [2.05, 4.69) is 14.8 Å². The third-order valence-electron chi connectivity index (χ3n) is 3.26. The van der Waals surface area contributed by atoms with Crippen molar-refractivity contribution in [2.45, 2.75) is 11.4 Å². The van der Waals surface area contributed by atoms with Crippen molar-refractivity contribution in [1.82, 2.24) is 14.8 Å². The van der Waals surface area contributed by atoms with Crippen molar-refractivity contribution in [3.8, 4) is 0 Å². The number of aromatic nitrogens is 3. The average Bonchev–Trinajstić information content (AvgIpc) is 2.97. The maximum Gasteiger partial charge on any atom is 0.265 e. The fourth-order valence-electron chi connectivity index (χ4n) is 2.13. The molecule has 1 heterocycles. The van der Waals surface area contributed by atoms with E-state index >= 15 is 0 Å². The SMILES string of the molecule is O=S(=O)(Nc1ncn(Cc2cccc(Cl)c2)n1)c1cc(Cl)c(Cl)cc1Cl. The van der Waals surface area contributed by atoms with Crippen LogP contribution in [0.25, 0.3) is 0 Å². The molecule has 0 aliphatic heterocycles. The number of rotatable bonds is 5. The molecule has 136 valence electrons. The summed E-state index contributed by atoms with van der Waals surface area (Å²) in [6.45, 7) is 0.378. The van der Waals surface area contributed by atoms with Gasteiger partial charge >= 0.3 is 0 Å². The van der Waals surface area contributed by atoms with Crippen molar-refractivity contribution in [3.63, 3.8) is 0 Å². The van der Waals surface area contributed by atoms with Crippen LogP contribution in [0.4, 0.5) is 5.95 Å². The largest absolute Gasteiger partial charge is 0.265 e. The summed E-state index contributed by atoms with van der Waals surface area (Å²) in [5.41, 5.74) is 0.893. The number of hydrogen-bond acceptors (Lipinski definition) is 4. The average molecular weight is 452 g/mol. The maximum atomic E-state index is 12.5. The van der Waals surface area contributed by atoms with Crippen molar-refractivity contribution in [1.29, 1.82) is 0 Å². The molecular weight excluding hydrogens is 442 g/mol. The second-order valence-corrected chi connectivity index (χ2v) is 8.51. The Labute approximate surface area is 169 Å². The second kappa shape index (κ2) is 7.62. The molecule has 0 amide bonds. The minimum absolute atomic E-state index is 0.0646. The van der Waals surface area contributed by atoms with Gasteiger partial charge in [0.05, 0.1) is 21.6 Å². The molecule has 0 spiro atoms. The molecule has 0 radical (unpaired) electrons. The molecule has 6 nitrogen and oxygen atoms in total. The number of sulfonamides is 1. The zero-order valence-electron chi connectivity index (χ0n) is 12.8. The van der Waals surface area contributed by atoms with E-state index in [9.17, 15) is 8.42 Å². The summed E-state index contributed by atoms with van der Waals surface area (Å²) >= 11 is 23.6. The lowest BCUT2D eigenvalue weighted by Crippen LogP contribution is -2.15. The Morgan fingerprint density at radius 1 is 1.00 bits per heavy atom. The fourth-order valence-corrected chi connectivity index (χ4v) is 4.29. The molecule has 0 fully saturated rings. The summed E-state index contributed by atoms with van der Waals surface area (Å²) in [6.07, 6.45) is 1.40. The van der Waals surface area contributed by atoms with Gasteiger partial charge in [0.25, 0.3) is 16.0 Å². The van der Waals surface area contributed by atoms with Gasteiger partial charge in [-0.25, -0.2) is 17.8 Å². The van der Waals surface area contributed by atoms with Crippen LogP contribution in [0.5, 0.6) is 0 Å². The number of anilines is 1. The predicted molar refractivity (Wildman–Crippen MR) is 103 cm³/mol. The van der Waals surface area contributed by atoms with Gasteiger partial charge in [0, 0.05) is 5.02 Å². The van der Waals surface area contributed by atoms with Gasteiger partial charge in [0.1, 0.15) is 11.2 Å². The maximum absolute atomic E-state index is 12.5. The molecule has 0 aliphatic rings. The van der Waals surface area contributed by atoms with Gasteiger partial charge < -0.3 is 0 Å². The van der Waals surface area contributed by atoms with Crippen LogP contribution in [0.15, 0.2) is 47.6 Å². The van der Waals surface area contributed by atoms with E-state index in [-0.39, 0.29) is 25.9 Å². The first kappa shape index (κ1) is 19.3. The fraction of sp³-hybridized carbons (Fsp3) is 0.0667.